The number of carboxylic acids is 1. The molecular formula is C15H19BrO4. The van der Waals surface area contributed by atoms with Gasteiger partial charge in [0.15, 0.2) is 11.5 Å². The van der Waals surface area contributed by atoms with Gasteiger partial charge in [0.25, 0.3) is 0 Å². The van der Waals surface area contributed by atoms with E-state index in [4.69, 9.17) is 14.6 Å². The monoisotopic (exact) mass is 342 g/mol. The Bertz CT molecular complexity index is 537. The van der Waals surface area contributed by atoms with Crippen molar-refractivity contribution in [3.63, 3.8) is 0 Å². The standard InChI is InChI=1S/C15H19BrO4/c1-4-9-10(15(2,3)8-12(17)18)7-11-14(13(9)16)20-6-5-19-11/h7H,4-6,8H2,1-3H3,(H,17,18). The average molecular weight is 343 g/mol. The molecule has 20 heavy (non-hydrogen) atoms. The van der Waals surface area contributed by atoms with Crippen LogP contribution in [0.5, 0.6) is 11.5 Å². The van der Waals surface area contributed by atoms with Crippen LogP contribution >= 0.6 is 15.9 Å². The van der Waals surface area contributed by atoms with E-state index < -0.39 is 11.4 Å². The number of rotatable bonds is 4. The maximum Gasteiger partial charge on any atom is 0.304 e. The van der Waals surface area contributed by atoms with Gasteiger partial charge in [-0.25, -0.2) is 0 Å². The van der Waals surface area contributed by atoms with Crippen LogP contribution in [0.25, 0.3) is 0 Å². The molecule has 1 heterocycles. The highest BCUT2D eigenvalue weighted by atomic mass is 79.9. The number of benzene rings is 1. The zero-order valence-corrected chi connectivity index (χ0v) is 13.5. The molecule has 0 atom stereocenters. The molecule has 1 aromatic carbocycles. The van der Waals surface area contributed by atoms with Crippen LogP contribution in [0.3, 0.4) is 0 Å². The second-order valence-corrected chi connectivity index (χ2v) is 6.34. The van der Waals surface area contributed by atoms with E-state index in [1.165, 1.54) is 0 Å². The first-order valence-electron chi connectivity index (χ1n) is 6.70. The van der Waals surface area contributed by atoms with Crippen molar-refractivity contribution in [3.8, 4) is 11.5 Å². The quantitative estimate of drug-likeness (QED) is 0.909. The molecule has 110 valence electrons. The molecular weight excluding hydrogens is 324 g/mol. The number of hydrogen-bond donors (Lipinski definition) is 1. The summed E-state index contributed by atoms with van der Waals surface area (Å²) in [6.45, 7) is 6.99. The molecule has 0 radical (unpaired) electrons. The highest BCUT2D eigenvalue weighted by Crippen LogP contribution is 2.45. The van der Waals surface area contributed by atoms with Gasteiger partial charge in [-0.1, -0.05) is 20.8 Å². The lowest BCUT2D eigenvalue weighted by atomic mass is 9.78. The molecule has 0 aliphatic carbocycles. The Kier molecular flexibility index (Phi) is 4.28. The number of ether oxygens (including phenoxy) is 2. The van der Waals surface area contributed by atoms with Gasteiger partial charge in [0.2, 0.25) is 0 Å². The van der Waals surface area contributed by atoms with Crippen molar-refractivity contribution >= 4 is 21.9 Å². The number of hydrogen-bond acceptors (Lipinski definition) is 3. The van der Waals surface area contributed by atoms with Gasteiger partial charge in [-0.05, 0) is 39.5 Å². The van der Waals surface area contributed by atoms with Crippen molar-refractivity contribution in [2.24, 2.45) is 0 Å². The molecule has 1 aliphatic heterocycles. The van der Waals surface area contributed by atoms with E-state index in [0.717, 1.165) is 27.8 Å². The summed E-state index contributed by atoms with van der Waals surface area (Å²) in [5.74, 6) is 0.611. The molecule has 5 heteroatoms. The Morgan fingerprint density at radius 1 is 1.40 bits per heavy atom. The van der Waals surface area contributed by atoms with Gasteiger partial charge in [0.05, 0.1) is 10.9 Å². The summed E-state index contributed by atoms with van der Waals surface area (Å²) in [5, 5.41) is 9.11. The van der Waals surface area contributed by atoms with E-state index in [-0.39, 0.29) is 6.42 Å². The van der Waals surface area contributed by atoms with Gasteiger partial charge < -0.3 is 14.6 Å². The third-order valence-electron chi connectivity index (χ3n) is 3.55. The summed E-state index contributed by atoms with van der Waals surface area (Å²) >= 11 is 3.58. The molecule has 0 saturated carbocycles. The van der Waals surface area contributed by atoms with E-state index in [0.29, 0.717) is 19.0 Å². The predicted octanol–water partition coefficient (Wildman–Crippen LogP) is 3.54. The Labute approximate surface area is 127 Å². The fourth-order valence-corrected chi connectivity index (χ4v) is 3.41. The molecule has 0 aromatic heterocycles. The molecule has 0 unspecified atom stereocenters. The van der Waals surface area contributed by atoms with Gasteiger partial charge >= 0.3 is 5.97 Å². The van der Waals surface area contributed by atoms with Crippen molar-refractivity contribution < 1.29 is 19.4 Å². The zero-order valence-electron chi connectivity index (χ0n) is 12.0. The SMILES string of the molecule is CCc1c(C(C)(C)CC(=O)O)cc2c(c1Br)OCCO2. The minimum Gasteiger partial charge on any atom is -0.486 e. The first-order chi connectivity index (χ1) is 9.36. The van der Waals surface area contributed by atoms with Crippen molar-refractivity contribution in [1.29, 1.82) is 0 Å². The summed E-state index contributed by atoms with van der Waals surface area (Å²) in [7, 11) is 0. The van der Waals surface area contributed by atoms with Crippen molar-refractivity contribution in [2.75, 3.05) is 13.2 Å². The second-order valence-electron chi connectivity index (χ2n) is 5.55. The van der Waals surface area contributed by atoms with Crippen LogP contribution < -0.4 is 9.47 Å². The van der Waals surface area contributed by atoms with E-state index in [1.54, 1.807) is 0 Å². The van der Waals surface area contributed by atoms with E-state index in [1.807, 2.05) is 19.9 Å². The lowest BCUT2D eigenvalue weighted by Gasteiger charge is -2.30. The Balaban J connectivity index is 2.57. The lowest BCUT2D eigenvalue weighted by Crippen LogP contribution is -2.25. The third-order valence-corrected chi connectivity index (χ3v) is 4.39. The smallest absolute Gasteiger partial charge is 0.304 e. The van der Waals surface area contributed by atoms with Gasteiger partial charge in [0.1, 0.15) is 13.2 Å². The van der Waals surface area contributed by atoms with Crippen molar-refractivity contribution in [2.45, 2.75) is 39.0 Å². The van der Waals surface area contributed by atoms with Gasteiger partial charge in [0, 0.05) is 5.41 Å². The molecule has 2 rings (SSSR count). The molecule has 1 N–H and O–H groups in total. The van der Waals surface area contributed by atoms with Crippen LogP contribution in [-0.2, 0) is 16.6 Å². The van der Waals surface area contributed by atoms with Crippen LogP contribution in [0.4, 0.5) is 0 Å². The Hall–Kier alpha value is -1.23. The molecule has 0 fully saturated rings. The van der Waals surface area contributed by atoms with Crippen LogP contribution in [0.1, 0.15) is 38.3 Å². The summed E-state index contributed by atoms with van der Waals surface area (Å²) in [5.41, 5.74) is 1.62. The van der Waals surface area contributed by atoms with Crippen LogP contribution in [-0.4, -0.2) is 24.3 Å². The first kappa shape index (κ1) is 15.2. The van der Waals surface area contributed by atoms with Crippen LogP contribution in [0.15, 0.2) is 10.5 Å². The second kappa shape index (κ2) is 5.64. The molecule has 0 saturated heterocycles. The summed E-state index contributed by atoms with van der Waals surface area (Å²) in [6.07, 6.45) is 0.877. The van der Waals surface area contributed by atoms with E-state index in [9.17, 15) is 4.79 Å². The summed E-state index contributed by atoms with van der Waals surface area (Å²) in [6, 6.07) is 1.93. The molecule has 0 bridgehead atoms. The fraction of sp³-hybridized carbons (Fsp3) is 0.533. The fourth-order valence-electron chi connectivity index (χ4n) is 2.61. The minimum absolute atomic E-state index is 0.0755. The minimum atomic E-state index is -0.803. The zero-order chi connectivity index (χ0) is 14.9. The maximum absolute atomic E-state index is 11.1. The highest BCUT2D eigenvalue weighted by Gasteiger charge is 2.31. The predicted molar refractivity (Wildman–Crippen MR) is 79.8 cm³/mol. The topological polar surface area (TPSA) is 55.8 Å². The summed E-state index contributed by atoms with van der Waals surface area (Å²) < 4.78 is 12.2. The highest BCUT2D eigenvalue weighted by molar-refractivity contribution is 9.10. The lowest BCUT2D eigenvalue weighted by molar-refractivity contribution is -0.138. The number of aliphatic carboxylic acids is 1. The Morgan fingerprint density at radius 3 is 2.65 bits per heavy atom. The third kappa shape index (κ3) is 2.77. The maximum atomic E-state index is 11.1. The molecule has 4 nitrogen and oxygen atoms in total. The van der Waals surface area contributed by atoms with Gasteiger partial charge in [-0.2, -0.15) is 0 Å². The number of fused-ring (bicyclic) bond motifs is 1. The number of carbonyl (C=O) groups is 1. The number of carboxylic acid groups (broad SMARTS) is 1. The van der Waals surface area contributed by atoms with E-state index >= 15 is 0 Å². The molecule has 0 amide bonds. The molecule has 1 aliphatic rings. The summed E-state index contributed by atoms with van der Waals surface area (Å²) in [4.78, 5) is 11.1. The van der Waals surface area contributed by atoms with Crippen molar-refractivity contribution in [1.82, 2.24) is 0 Å². The first-order valence-corrected chi connectivity index (χ1v) is 7.49. The van der Waals surface area contributed by atoms with E-state index in [2.05, 4.69) is 22.9 Å². The largest absolute Gasteiger partial charge is 0.486 e. The normalized spacial score (nSPS) is 14.2. The van der Waals surface area contributed by atoms with Gasteiger partial charge in [-0.3, -0.25) is 4.79 Å². The Morgan fingerprint density at radius 2 is 2.05 bits per heavy atom. The number of halogens is 1. The van der Waals surface area contributed by atoms with Crippen LogP contribution in [0, 0.1) is 0 Å². The molecule has 0 spiro atoms. The average Bonchev–Trinajstić information content (AvgIpc) is 2.37. The van der Waals surface area contributed by atoms with Crippen molar-refractivity contribution in [3.05, 3.63) is 21.7 Å². The van der Waals surface area contributed by atoms with Gasteiger partial charge in [-0.15, -0.1) is 0 Å². The van der Waals surface area contributed by atoms with Crippen LogP contribution in [0.2, 0.25) is 0 Å². The molecule has 1 aromatic rings.